The van der Waals surface area contributed by atoms with Crippen molar-refractivity contribution in [3.63, 3.8) is 0 Å². The number of carbonyl (C=O) groups excluding carboxylic acids is 4. The van der Waals surface area contributed by atoms with Crippen molar-refractivity contribution in [1.29, 1.82) is 0 Å². The first-order chi connectivity index (χ1) is 12.8. The van der Waals surface area contributed by atoms with Gasteiger partial charge in [0.05, 0.1) is 12.1 Å². The molecule has 1 aromatic rings. The molecule has 0 radical (unpaired) electrons. The van der Waals surface area contributed by atoms with E-state index in [-0.39, 0.29) is 6.42 Å². The maximum Gasteiger partial charge on any atom is 0.313 e. The van der Waals surface area contributed by atoms with Crippen LogP contribution in [0, 0.1) is 0 Å². The summed E-state index contributed by atoms with van der Waals surface area (Å²) in [5.41, 5.74) is 0.427. The van der Waals surface area contributed by atoms with Gasteiger partial charge in [0, 0.05) is 11.1 Å². The molecular weight excluding hydrogens is 422 g/mol. The van der Waals surface area contributed by atoms with Gasteiger partial charge in [-0.1, -0.05) is 12.1 Å². The molecule has 2 rings (SSSR count). The highest BCUT2D eigenvalue weighted by molar-refractivity contribution is 9.10. The molecule has 10 heteroatoms. The molecule has 1 aromatic carbocycles. The maximum atomic E-state index is 12.2. The second-order valence-corrected chi connectivity index (χ2v) is 6.62. The Bertz CT molecular complexity index is 741. The molecule has 3 unspecified atom stereocenters. The van der Waals surface area contributed by atoms with Gasteiger partial charge < -0.3 is 25.4 Å². The lowest BCUT2D eigenvalue weighted by atomic mass is 10.2. The quantitative estimate of drug-likeness (QED) is 0.440. The Balaban J connectivity index is 1.87. The number of cyclic esters (lactones) is 1. The molecule has 9 nitrogen and oxygen atoms in total. The smallest absolute Gasteiger partial charge is 0.313 e. The molecule has 0 saturated carbocycles. The number of nitrogens with one attached hydrogen (secondary N) is 3. The van der Waals surface area contributed by atoms with E-state index in [2.05, 4.69) is 31.9 Å². The van der Waals surface area contributed by atoms with Gasteiger partial charge in [-0.25, -0.2) is 0 Å². The van der Waals surface area contributed by atoms with E-state index in [1.807, 2.05) is 0 Å². The number of halogens is 1. The summed E-state index contributed by atoms with van der Waals surface area (Å²) in [4.78, 5) is 47.6. The fourth-order valence-electron chi connectivity index (χ4n) is 2.35. The van der Waals surface area contributed by atoms with Crippen LogP contribution in [0.15, 0.2) is 28.7 Å². The molecule has 1 heterocycles. The van der Waals surface area contributed by atoms with Gasteiger partial charge >= 0.3 is 17.8 Å². The number of anilines is 1. The molecule has 0 bridgehead atoms. The largest absolute Gasteiger partial charge is 0.433 e. The second-order valence-electron chi connectivity index (χ2n) is 5.76. The predicted octanol–water partition coefficient (Wildman–Crippen LogP) is 0.687. The van der Waals surface area contributed by atoms with Crippen molar-refractivity contribution in [3.05, 3.63) is 28.7 Å². The molecule has 0 spiro atoms. The van der Waals surface area contributed by atoms with E-state index < -0.39 is 42.1 Å². The zero-order chi connectivity index (χ0) is 20.0. The number of para-hydroxylation sites is 1. The number of hydrogen-bond acceptors (Lipinski definition) is 6. The Morgan fingerprint density at radius 3 is 2.67 bits per heavy atom. The van der Waals surface area contributed by atoms with Crippen LogP contribution in [0.5, 0.6) is 0 Å². The van der Waals surface area contributed by atoms with Crippen LogP contribution in [0.3, 0.4) is 0 Å². The standard InChI is InChI=1S/C17H20BrN3O6/c1-3-26-17-12(8-13(22)27-17)21-14(23)9(2)19-15(24)16(25)20-11-7-5-4-6-10(11)18/h4-7,9,12,17H,3,8H2,1-2H3,(H,19,24)(H,20,25)(H,21,23). The molecule has 27 heavy (non-hydrogen) atoms. The number of hydrogen-bond donors (Lipinski definition) is 3. The summed E-state index contributed by atoms with van der Waals surface area (Å²) in [6.45, 7) is 3.47. The van der Waals surface area contributed by atoms with Crippen LogP contribution in [-0.2, 0) is 28.7 Å². The number of benzene rings is 1. The summed E-state index contributed by atoms with van der Waals surface area (Å²) in [6.07, 6.45) is -0.896. The molecular formula is C17H20BrN3O6. The van der Waals surface area contributed by atoms with E-state index in [0.717, 1.165) is 0 Å². The van der Waals surface area contributed by atoms with Gasteiger partial charge in [-0.05, 0) is 41.9 Å². The summed E-state index contributed by atoms with van der Waals surface area (Å²) >= 11 is 3.26. The van der Waals surface area contributed by atoms with Crippen LogP contribution in [-0.4, -0.2) is 48.7 Å². The van der Waals surface area contributed by atoms with Gasteiger partial charge in [0.1, 0.15) is 12.1 Å². The third-order valence-electron chi connectivity index (χ3n) is 3.69. The van der Waals surface area contributed by atoms with Crippen LogP contribution in [0.2, 0.25) is 0 Å². The van der Waals surface area contributed by atoms with Crippen LogP contribution >= 0.6 is 15.9 Å². The van der Waals surface area contributed by atoms with Crippen LogP contribution < -0.4 is 16.0 Å². The first-order valence-corrected chi connectivity index (χ1v) is 9.09. The molecule has 1 saturated heterocycles. The summed E-state index contributed by atoms with van der Waals surface area (Å²) in [5, 5.41) is 7.33. The average molecular weight is 442 g/mol. The van der Waals surface area contributed by atoms with Crippen LogP contribution in [0.1, 0.15) is 20.3 Å². The fraction of sp³-hybridized carbons (Fsp3) is 0.412. The van der Waals surface area contributed by atoms with E-state index in [4.69, 9.17) is 9.47 Å². The van der Waals surface area contributed by atoms with Crippen molar-refractivity contribution in [2.75, 3.05) is 11.9 Å². The lowest BCUT2D eigenvalue weighted by molar-refractivity contribution is -0.164. The molecule has 3 N–H and O–H groups in total. The lowest BCUT2D eigenvalue weighted by Gasteiger charge is -2.21. The van der Waals surface area contributed by atoms with Crippen molar-refractivity contribution in [2.45, 2.75) is 38.6 Å². The molecule has 3 atom stereocenters. The monoisotopic (exact) mass is 441 g/mol. The number of amides is 3. The van der Waals surface area contributed by atoms with Gasteiger partial charge in [0.15, 0.2) is 0 Å². The first-order valence-electron chi connectivity index (χ1n) is 8.29. The normalized spacial score (nSPS) is 19.7. The summed E-state index contributed by atoms with van der Waals surface area (Å²) in [6, 6.07) is 5.14. The maximum absolute atomic E-state index is 12.2. The van der Waals surface area contributed by atoms with Crippen molar-refractivity contribution in [2.24, 2.45) is 0 Å². The molecule has 1 aliphatic rings. The van der Waals surface area contributed by atoms with Crippen molar-refractivity contribution >= 4 is 45.3 Å². The molecule has 3 amide bonds. The van der Waals surface area contributed by atoms with E-state index in [1.54, 1.807) is 31.2 Å². The van der Waals surface area contributed by atoms with Gasteiger partial charge in [0.2, 0.25) is 12.2 Å². The third-order valence-corrected chi connectivity index (χ3v) is 4.38. The molecule has 1 fully saturated rings. The lowest BCUT2D eigenvalue weighted by Crippen LogP contribution is -2.52. The van der Waals surface area contributed by atoms with Crippen molar-refractivity contribution in [3.8, 4) is 0 Å². The van der Waals surface area contributed by atoms with E-state index >= 15 is 0 Å². The molecule has 0 aromatic heterocycles. The Morgan fingerprint density at radius 2 is 2.00 bits per heavy atom. The first kappa shape index (κ1) is 20.8. The number of esters is 1. The van der Waals surface area contributed by atoms with E-state index in [0.29, 0.717) is 16.8 Å². The topological polar surface area (TPSA) is 123 Å². The van der Waals surface area contributed by atoms with Crippen molar-refractivity contribution in [1.82, 2.24) is 10.6 Å². The summed E-state index contributed by atoms with van der Waals surface area (Å²) in [7, 11) is 0. The SMILES string of the molecule is CCOC1OC(=O)CC1NC(=O)C(C)NC(=O)C(=O)Nc1ccccc1Br. The Kier molecular flexibility index (Phi) is 7.31. The number of ether oxygens (including phenoxy) is 2. The third kappa shape index (κ3) is 5.76. The number of carbonyl (C=O) groups is 4. The van der Waals surface area contributed by atoms with Crippen LogP contribution in [0.4, 0.5) is 5.69 Å². The minimum atomic E-state index is -1.000. The van der Waals surface area contributed by atoms with Crippen LogP contribution in [0.25, 0.3) is 0 Å². The van der Waals surface area contributed by atoms with Gasteiger partial charge in [0.25, 0.3) is 0 Å². The minimum Gasteiger partial charge on any atom is -0.433 e. The highest BCUT2D eigenvalue weighted by Crippen LogP contribution is 2.21. The molecule has 146 valence electrons. The Hall–Kier alpha value is -2.46. The van der Waals surface area contributed by atoms with Gasteiger partial charge in [-0.3, -0.25) is 19.2 Å². The van der Waals surface area contributed by atoms with E-state index in [1.165, 1.54) is 6.92 Å². The van der Waals surface area contributed by atoms with Crippen molar-refractivity contribution < 1.29 is 28.7 Å². The van der Waals surface area contributed by atoms with Gasteiger partial charge in [-0.2, -0.15) is 0 Å². The van der Waals surface area contributed by atoms with Gasteiger partial charge in [-0.15, -0.1) is 0 Å². The zero-order valence-electron chi connectivity index (χ0n) is 14.8. The number of rotatable bonds is 6. The predicted molar refractivity (Wildman–Crippen MR) is 98.4 cm³/mol. The summed E-state index contributed by atoms with van der Waals surface area (Å²) in [5.74, 6) is -2.92. The summed E-state index contributed by atoms with van der Waals surface area (Å²) < 4.78 is 10.8. The second kappa shape index (κ2) is 9.47. The fourth-order valence-corrected chi connectivity index (χ4v) is 2.73. The zero-order valence-corrected chi connectivity index (χ0v) is 16.4. The minimum absolute atomic E-state index is 0.0282. The Morgan fingerprint density at radius 1 is 1.30 bits per heavy atom. The Labute approximate surface area is 164 Å². The molecule has 0 aliphatic carbocycles. The van der Waals surface area contributed by atoms with E-state index in [9.17, 15) is 19.2 Å². The average Bonchev–Trinajstić information content (AvgIpc) is 2.96. The molecule has 1 aliphatic heterocycles. The highest BCUT2D eigenvalue weighted by atomic mass is 79.9. The highest BCUT2D eigenvalue weighted by Gasteiger charge is 2.37.